The fourth-order valence-corrected chi connectivity index (χ4v) is 4.47. The van der Waals surface area contributed by atoms with Gasteiger partial charge >= 0.3 is 5.97 Å². The zero-order valence-electron chi connectivity index (χ0n) is 18.6. The Bertz CT molecular complexity index is 1370. The second kappa shape index (κ2) is 10.3. The van der Waals surface area contributed by atoms with Gasteiger partial charge in [0, 0.05) is 18.5 Å². The van der Waals surface area contributed by atoms with Gasteiger partial charge in [-0.2, -0.15) is 0 Å². The summed E-state index contributed by atoms with van der Waals surface area (Å²) in [7, 11) is 0. The van der Waals surface area contributed by atoms with E-state index in [0.717, 1.165) is 26.5 Å². The number of ether oxygens (including phenoxy) is 1. The van der Waals surface area contributed by atoms with Crippen LogP contribution in [0.25, 0.3) is 27.3 Å². The highest BCUT2D eigenvalue weighted by molar-refractivity contribution is 7.18. The van der Waals surface area contributed by atoms with Crippen LogP contribution in [-0.4, -0.2) is 44.8 Å². The average Bonchev–Trinajstić information content (AvgIpc) is 3.53. The molecule has 174 valence electrons. The van der Waals surface area contributed by atoms with Gasteiger partial charge < -0.3 is 10.1 Å². The van der Waals surface area contributed by atoms with Crippen molar-refractivity contribution in [1.29, 1.82) is 0 Å². The maximum atomic E-state index is 12.6. The van der Waals surface area contributed by atoms with Crippen LogP contribution in [0.2, 0.25) is 0 Å². The number of carbonyl (C=O) groups is 2. The highest BCUT2D eigenvalue weighted by atomic mass is 32.1. The van der Waals surface area contributed by atoms with Gasteiger partial charge in [0.1, 0.15) is 0 Å². The Hall–Kier alpha value is -4.37. The molecule has 0 saturated carbocycles. The third-order valence-corrected chi connectivity index (χ3v) is 6.25. The molecule has 2 heterocycles. The summed E-state index contributed by atoms with van der Waals surface area (Å²) in [6.45, 7) is -0.0194. The zero-order valence-corrected chi connectivity index (χ0v) is 19.4. The number of hydrogen-bond acceptors (Lipinski definition) is 7. The Labute approximate surface area is 205 Å². The van der Waals surface area contributed by atoms with Gasteiger partial charge in [-0.05, 0) is 24.3 Å². The molecule has 8 nitrogen and oxygen atoms in total. The summed E-state index contributed by atoms with van der Waals surface area (Å²) in [6.07, 6.45) is 0.600. The third-order valence-electron chi connectivity index (χ3n) is 5.16. The van der Waals surface area contributed by atoms with E-state index >= 15 is 0 Å². The quantitative estimate of drug-likeness (QED) is 0.334. The van der Waals surface area contributed by atoms with Crippen LogP contribution >= 0.6 is 11.3 Å². The predicted molar refractivity (Wildman–Crippen MR) is 133 cm³/mol. The minimum atomic E-state index is -0.766. The van der Waals surface area contributed by atoms with Crippen molar-refractivity contribution in [2.45, 2.75) is 6.42 Å². The van der Waals surface area contributed by atoms with Crippen molar-refractivity contribution in [1.82, 2.24) is 25.1 Å². The molecule has 0 saturated heterocycles. The molecule has 0 spiro atoms. The number of nitrogens with zero attached hydrogens (tertiary/aromatic N) is 4. The highest BCUT2D eigenvalue weighted by Gasteiger charge is 2.20. The molecule has 0 radical (unpaired) electrons. The van der Waals surface area contributed by atoms with E-state index in [1.165, 1.54) is 0 Å². The van der Waals surface area contributed by atoms with E-state index in [1.54, 1.807) is 16.0 Å². The molecule has 0 unspecified atom stereocenters. The molecule has 0 bridgehead atoms. The number of benzene rings is 3. The highest BCUT2D eigenvalue weighted by Crippen LogP contribution is 2.22. The minimum Gasteiger partial charge on any atom is -0.450 e. The Morgan fingerprint density at radius 2 is 1.60 bits per heavy atom. The number of para-hydroxylation sites is 2. The Morgan fingerprint density at radius 3 is 2.37 bits per heavy atom. The number of esters is 1. The largest absolute Gasteiger partial charge is 0.450 e. The van der Waals surface area contributed by atoms with Gasteiger partial charge in [-0.25, -0.2) is 19.4 Å². The number of hydrogen-bond donors (Lipinski definition) is 1. The second-order valence-electron chi connectivity index (χ2n) is 7.62. The van der Waals surface area contributed by atoms with Gasteiger partial charge in [0.25, 0.3) is 11.7 Å². The van der Waals surface area contributed by atoms with Crippen molar-refractivity contribution in [2.75, 3.05) is 13.2 Å². The zero-order chi connectivity index (χ0) is 24.0. The van der Waals surface area contributed by atoms with Crippen molar-refractivity contribution in [2.24, 2.45) is 0 Å². The van der Waals surface area contributed by atoms with Crippen LogP contribution in [0.1, 0.15) is 15.6 Å². The summed E-state index contributed by atoms with van der Waals surface area (Å²) >= 11 is 1.60. The Morgan fingerprint density at radius 1 is 0.886 bits per heavy atom. The van der Waals surface area contributed by atoms with E-state index < -0.39 is 18.5 Å². The molecule has 1 amide bonds. The van der Waals surface area contributed by atoms with Gasteiger partial charge in [0.15, 0.2) is 12.4 Å². The fourth-order valence-electron chi connectivity index (χ4n) is 3.50. The summed E-state index contributed by atoms with van der Waals surface area (Å²) < 4.78 is 7.88. The molecule has 0 fully saturated rings. The van der Waals surface area contributed by atoms with Crippen molar-refractivity contribution < 1.29 is 14.3 Å². The summed E-state index contributed by atoms with van der Waals surface area (Å²) in [5.41, 5.74) is 2.51. The molecule has 5 aromatic rings. The molecule has 5 rings (SSSR count). The number of thiazole rings is 1. The van der Waals surface area contributed by atoms with Crippen LogP contribution in [0.3, 0.4) is 0 Å². The number of carbonyl (C=O) groups excluding carboxylic acids is 2. The molecular weight excluding hydrogens is 462 g/mol. The maximum absolute atomic E-state index is 12.6. The maximum Gasteiger partial charge on any atom is 0.378 e. The van der Waals surface area contributed by atoms with Gasteiger partial charge in [-0.1, -0.05) is 60.7 Å². The van der Waals surface area contributed by atoms with Crippen molar-refractivity contribution >= 4 is 33.4 Å². The van der Waals surface area contributed by atoms with Gasteiger partial charge in [-0.3, -0.25) is 4.79 Å². The smallest absolute Gasteiger partial charge is 0.378 e. The van der Waals surface area contributed by atoms with E-state index in [2.05, 4.69) is 20.4 Å². The number of fused-ring (bicyclic) bond motifs is 1. The van der Waals surface area contributed by atoms with Crippen LogP contribution in [0.5, 0.6) is 0 Å². The fraction of sp³-hybridized carbons (Fsp3) is 0.115. The van der Waals surface area contributed by atoms with E-state index in [9.17, 15) is 9.59 Å². The number of rotatable bonds is 8. The lowest BCUT2D eigenvalue weighted by atomic mass is 10.2. The molecule has 3 aromatic carbocycles. The molecule has 0 aliphatic heterocycles. The first-order valence-corrected chi connectivity index (χ1v) is 11.9. The molecular formula is C26H21N5O3S. The van der Waals surface area contributed by atoms with Gasteiger partial charge in [-0.15, -0.1) is 16.4 Å². The summed E-state index contributed by atoms with van der Waals surface area (Å²) in [4.78, 5) is 33.8. The topological polar surface area (TPSA) is 99.0 Å². The van der Waals surface area contributed by atoms with Crippen LogP contribution < -0.4 is 5.32 Å². The number of nitrogens with one attached hydrogen (secondary N) is 1. The molecule has 0 aliphatic carbocycles. The number of amides is 1. The van der Waals surface area contributed by atoms with E-state index in [1.807, 2.05) is 84.9 Å². The van der Waals surface area contributed by atoms with Crippen molar-refractivity contribution in [3.05, 3.63) is 95.8 Å². The molecule has 35 heavy (non-hydrogen) atoms. The lowest BCUT2D eigenvalue weighted by molar-refractivity contribution is -0.124. The van der Waals surface area contributed by atoms with Crippen LogP contribution in [-0.2, 0) is 16.0 Å². The predicted octanol–water partition coefficient (Wildman–Crippen LogP) is 4.06. The first kappa shape index (κ1) is 22.4. The molecule has 0 atom stereocenters. The third kappa shape index (κ3) is 5.25. The lowest BCUT2D eigenvalue weighted by Crippen LogP contribution is -2.30. The van der Waals surface area contributed by atoms with Crippen LogP contribution in [0.4, 0.5) is 0 Å². The number of aromatic nitrogens is 4. The Kier molecular flexibility index (Phi) is 6.58. The normalized spacial score (nSPS) is 10.9. The average molecular weight is 484 g/mol. The monoisotopic (exact) mass is 483 g/mol. The van der Waals surface area contributed by atoms with Crippen molar-refractivity contribution in [3.63, 3.8) is 0 Å². The second-order valence-corrected chi connectivity index (χ2v) is 8.74. The SMILES string of the molecule is O=C(COC(=O)c1nc(-c2ccccc2)n(-c2ccccc2)n1)NCCc1nc2ccccc2s1. The lowest BCUT2D eigenvalue weighted by Gasteiger charge is -2.05. The summed E-state index contributed by atoms with van der Waals surface area (Å²) in [6, 6.07) is 26.7. The van der Waals surface area contributed by atoms with E-state index in [-0.39, 0.29) is 5.82 Å². The summed E-state index contributed by atoms with van der Waals surface area (Å²) in [5, 5.41) is 8.04. The van der Waals surface area contributed by atoms with E-state index in [0.29, 0.717) is 18.8 Å². The van der Waals surface area contributed by atoms with E-state index in [4.69, 9.17) is 4.74 Å². The van der Waals surface area contributed by atoms with Crippen LogP contribution in [0, 0.1) is 0 Å². The standard InChI is InChI=1S/C26H21N5O3S/c32-22(27-16-15-23-28-20-13-7-8-14-21(20)35-23)17-34-26(33)24-29-25(18-9-3-1-4-10-18)31(30-24)19-11-5-2-6-12-19/h1-14H,15-17H2,(H,27,32). The Balaban J connectivity index is 1.21. The first-order chi connectivity index (χ1) is 17.2. The van der Waals surface area contributed by atoms with Gasteiger partial charge in [0.2, 0.25) is 0 Å². The van der Waals surface area contributed by atoms with Crippen LogP contribution in [0.15, 0.2) is 84.9 Å². The summed E-state index contributed by atoms with van der Waals surface area (Å²) in [5.74, 6) is -0.776. The molecule has 2 aromatic heterocycles. The molecule has 1 N–H and O–H groups in total. The molecule has 9 heteroatoms. The first-order valence-electron chi connectivity index (χ1n) is 11.0. The van der Waals surface area contributed by atoms with Gasteiger partial charge in [0.05, 0.1) is 20.9 Å². The minimum absolute atomic E-state index is 0.116. The van der Waals surface area contributed by atoms with Crippen molar-refractivity contribution in [3.8, 4) is 17.1 Å². The molecule has 0 aliphatic rings.